The van der Waals surface area contributed by atoms with Crippen LogP contribution in [0, 0.1) is 5.41 Å². The van der Waals surface area contributed by atoms with Gasteiger partial charge >= 0.3 is 0 Å². The lowest BCUT2D eigenvalue weighted by molar-refractivity contribution is 0.356. The van der Waals surface area contributed by atoms with Crippen LogP contribution in [0.2, 0.25) is 0 Å². The van der Waals surface area contributed by atoms with Gasteiger partial charge in [0.25, 0.3) is 0 Å². The first kappa shape index (κ1) is 15.3. The zero-order chi connectivity index (χ0) is 13.3. The summed E-state index contributed by atoms with van der Waals surface area (Å²) in [6, 6.07) is 0. The summed E-state index contributed by atoms with van der Waals surface area (Å²) in [7, 11) is 0. The van der Waals surface area contributed by atoms with Crippen molar-refractivity contribution in [3.63, 3.8) is 0 Å². The van der Waals surface area contributed by atoms with Crippen molar-refractivity contribution in [1.29, 1.82) is 0 Å². The lowest BCUT2D eigenvalue weighted by Crippen LogP contribution is -2.03. The number of rotatable bonds is 9. The lowest BCUT2D eigenvalue weighted by atomic mass is 9.89. The van der Waals surface area contributed by atoms with Gasteiger partial charge in [0, 0.05) is 18.8 Å². The van der Waals surface area contributed by atoms with E-state index < -0.39 is 0 Å². The highest BCUT2D eigenvalue weighted by atomic mass is 14.9. The normalized spacial score (nSPS) is 11.9. The summed E-state index contributed by atoms with van der Waals surface area (Å²) in [5, 5.41) is 0. The second-order valence-electron chi connectivity index (χ2n) is 6.57. The third-order valence-electron chi connectivity index (χ3n) is 3.40. The minimum Gasteiger partial charge on any atom is -0.349 e. The van der Waals surface area contributed by atoms with Crippen molar-refractivity contribution in [3.05, 3.63) is 18.2 Å². The fourth-order valence-corrected chi connectivity index (χ4v) is 2.27. The van der Waals surface area contributed by atoms with E-state index in [9.17, 15) is 0 Å². The third-order valence-corrected chi connectivity index (χ3v) is 3.40. The Morgan fingerprint density at radius 1 is 0.944 bits per heavy atom. The lowest BCUT2D eigenvalue weighted by Gasteiger charge is -2.17. The molecule has 0 spiro atoms. The molecule has 0 unspecified atom stereocenters. The molecule has 0 aromatic carbocycles. The maximum atomic E-state index is 4.24. The first-order chi connectivity index (χ1) is 8.58. The minimum absolute atomic E-state index is 0.517. The third kappa shape index (κ3) is 8.32. The van der Waals surface area contributed by atoms with Gasteiger partial charge in [-0.05, 0) is 18.3 Å². The molecule has 0 aliphatic carbocycles. The standard InChI is InChI=1S/C16H30N2/c1-16(2,3)12-10-8-6-4-5-7-9-11-15-17-13-14-18-15/h13-14H,4-12H2,1-3H3,(H,17,18). The van der Waals surface area contributed by atoms with Crippen molar-refractivity contribution in [2.24, 2.45) is 5.41 Å². The molecule has 0 bridgehead atoms. The fourth-order valence-electron chi connectivity index (χ4n) is 2.27. The second kappa shape index (κ2) is 8.34. The van der Waals surface area contributed by atoms with Crippen molar-refractivity contribution in [3.8, 4) is 0 Å². The molecule has 1 aromatic rings. The van der Waals surface area contributed by atoms with Crippen molar-refractivity contribution in [2.45, 2.75) is 78.6 Å². The molecule has 0 amide bonds. The number of hydrogen-bond acceptors (Lipinski definition) is 1. The number of nitrogens with zero attached hydrogens (tertiary/aromatic N) is 1. The number of hydrogen-bond donors (Lipinski definition) is 1. The maximum Gasteiger partial charge on any atom is 0.105 e. The van der Waals surface area contributed by atoms with Gasteiger partial charge in [-0.3, -0.25) is 0 Å². The van der Waals surface area contributed by atoms with Crippen LogP contribution in [0.15, 0.2) is 12.4 Å². The van der Waals surface area contributed by atoms with E-state index in [0.29, 0.717) is 5.41 Å². The van der Waals surface area contributed by atoms with Crippen molar-refractivity contribution >= 4 is 0 Å². The van der Waals surface area contributed by atoms with Gasteiger partial charge in [-0.25, -0.2) is 4.98 Å². The van der Waals surface area contributed by atoms with Crippen LogP contribution in [-0.4, -0.2) is 9.97 Å². The van der Waals surface area contributed by atoms with E-state index in [4.69, 9.17) is 0 Å². The number of H-pyrrole nitrogens is 1. The van der Waals surface area contributed by atoms with Gasteiger partial charge in [-0.1, -0.05) is 59.3 Å². The molecular weight excluding hydrogens is 220 g/mol. The van der Waals surface area contributed by atoms with E-state index in [2.05, 4.69) is 30.7 Å². The van der Waals surface area contributed by atoms with Crippen molar-refractivity contribution in [1.82, 2.24) is 9.97 Å². The Kier molecular flexibility index (Phi) is 7.07. The first-order valence-electron chi connectivity index (χ1n) is 7.56. The molecule has 0 saturated carbocycles. The molecule has 0 aliphatic heterocycles. The summed E-state index contributed by atoms with van der Waals surface area (Å²) < 4.78 is 0. The van der Waals surface area contributed by atoms with Crippen LogP contribution in [-0.2, 0) is 6.42 Å². The summed E-state index contributed by atoms with van der Waals surface area (Å²) in [6.45, 7) is 7.00. The van der Waals surface area contributed by atoms with Crippen LogP contribution < -0.4 is 0 Å². The van der Waals surface area contributed by atoms with Crippen LogP contribution in [0.4, 0.5) is 0 Å². The molecule has 2 heteroatoms. The van der Waals surface area contributed by atoms with E-state index in [1.807, 2.05) is 12.4 Å². The molecule has 0 radical (unpaired) electrons. The Morgan fingerprint density at radius 3 is 2.11 bits per heavy atom. The molecule has 1 rings (SSSR count). The highest BCUT2D eigenvalue weighted by molar-refractivity contribution is 4.86. The van der Waals surface area contributed by atoms with Gasteiger partial charge in [0.15, 0.2) is 0 Å². The number of imidazole rings is 1. The maximum absolute atomic E-state index is 4.24. The Morgan fingerprint density at radius 2 is 1.56 bits per heavy atom. The highest BCUT2D eigenvalue weighted by Gasteiger charge is 2.08. The number of aromatic nitrogens is 2. The zero-order valence-corrected chi connectivity index (χ0v) is 12.5. The Hall–Kier alpha value is -0.790. The number of unbranched alkanes of at least 4 members (excludes halogenated alkanes) is 6. The molecule has 0 fully saturated rings. The molecule has 2 nitrogen and oxygen atoms in total. The molecule has 18 heavy (non-hydrogen) atoms. The quantitative estimate of drug-likeness (QED) is 0.605. The molecular formula is C16H30N2. The van der Waals surface area contributed by atoms with Crippen LogP contribution >= 0.6 is 0 Å². The molecule has 1 aromatic heterocycles. The van der Waals surface area contributed by atoms with E-state index in [1.165, 1.54) is 51.4 Å². The Balaban J connectivity index is 1.82. The minimum atomic E-state index is 0.517. The van der Waals surface area contributed by atoms with Gasteiger partial charge in [0.2, 0.25) is 0 Å². The Labute approximate surface area is 113 Å². The predicted octanol–water partition coefficient (Wildman–Crippen LogP) is 5.12. The second-order valence-corrected chi connectivity index (χ2v) is 6.57. The van der Waals surface area contributed by atoms with Gasteiger partial charge in [0.05, 0.1) is 0 Å². The van der Waals surface area contributed by atoms with Crippen LogP contribution in [0.25, 0.3) is 0 Å². The predicted molar refractivity (Wildman–Crippen MR) is 78.7 cm³/mol. The summed E-state index contributed by atoms with van der Waals surface area (Å²) >= 11 is 0. The van der Waals surface area contributed by atoms with Gasteiger partial charge in [-0.2, -0.15) is 0 Å². The number of aromatic amines is 1. The van der Waals surface area contributed by atoms with E-state index in [1.54, 1.807) is 0 Å². The monoisotopic (exact) mass is 250 g/mol. The van der Waals surface area contributed by atoms with Crippen LogP contribution in [0.3, 0.4) is 0 Å². The molecule has 0 saturated heterocycles. The van der Waals surface area contributed by atoms with Gasteiger partial charge < -0.3 is 4.98 Å². The average molecular weight is 250 g/mol. The topological polar surface area (TPSA) is 28.7 Å². The van der Waals surface area contributed by atoms with Gasteiger partial charge in [0.1, 0.15) is 5.82 Å². The largest absolute Gasteiger partial charge is 0.349 e. The Bertz CT molecular complexity index is 283. The SMILES string of the molecule is CC(C)(C)CCCCCCCCCc1ncc[nH]1. The molecule has 1 heterocycles. The summed E-state index contributed by atoms with van der Waals surface area (Å²) in [5.41, 5.74) is 0.517. The highest BCUT2D eigenvalue weighted by Crippen LogP contribution is 2.22. The van der Waals surface area contributed by atoms with Gasteiger partial charge in [-0.15, -0.1) is 0 Å². The van der Waals surface area contributed by atoms with E-state index in [0.717, 1.165) is 12.2 Å². The zero-order valence-electron chi connectivity index (χ0n) is 12.5. The van der Waals surface area contributed by atoms with Crippen molar-refractivity contribution < 1.29 is 0 Å². The smallest absolute Gasteiger partial charge is 0.105 e. The molecule has 0 atom stereocenters. The summed E-state index contributed by atoms with van der Waals surface area (Å²) in [5.74, 6) is 1.14. The summed E-state index contributed by atoms with van der Waals surface area (Å²) in [4.78, 5) is 7.40. The fraction of sp³-hybridized carbons (Fsp3) is 0.812. The van der Waals surface area contributed by atoms with Crippen LogP contribution in [0.1, 0.15) is 78.0 Å². The first-order valence-corrected chi connectivity index (χ1v) is 7.56. The van der Waals surface area contributed by atoms with E-state index in [-0.39, 0.29) is 0 Å². The summed E-state index contributed by atoms with van der Waals surface area (Å²) in [6.07, 6.45) is 15.9. The molecule has 0 aliphatic rings. The average Bonchev–Trinajstić information content (AvgIpc) is 2.78. The van der Waals surface area contributed by atoms with Crippen LogP contribution in [0.5, 0.6) is 0 Å². The van der Waals surface area contributed by atoms with E-state index >= 15 is 0 Å². The molecule has 1 N–H and O–H groups in total. The van der Waals surface area contributed by atoms with Crippen molar-refractivity contribution in [2.75, 3.05) is 0 Å². The molecule has 104 valence electrons. The number of nitrogens with one attached hydrogen (secondary N) is 1. The number of aryl methyl sites for hydroxylation is 1.